The van der Waals surface area contributed by atoms with Crippen molar-refractivity contribution >= 4 is 17.6 Å². The van der Waals surface area contributed by atoms with Crippen LogP contribution in [0.25, 0.3) is 0 Å². The highest BCUT2D eigenvalue weighted by Gasteiger charge is 2.22. The van der Waals surface area contributed by atoms with Gasteiger partial charge in [0.2, 0.25) is 0 Å². The van der Waals surface area contributed by atoms with Gasteiger partial charge in [0.05, 0.1) is 12.7 Å². The standard InChI is InChI=1S/C19H25N3O2S/c1-4-21(5-2)17-16(13-14-7-9-15(24-3)10-8-14)18(23)22-11-6-12-25-19(22)20-17/h7-10H,4-6,11-13H2,1-3H3. The van der Waals surface area contributed by atoms with Crippen LogP contribution in [0.1, 0.15) is 31.4 Å². The van der Waals surface area contributed by atoms with Gasteiger partial charge >= 0.3 is 0 Å². The van der Waals surface area contributed by atoms with E-state index < -0.39 is 0 Å². The van der Waals surface area contributed by atoms with Gasteiger partial charge in [0.25, 0.3) is 5.56 Å². The zero-order valence-electron chi connectivity index (χ0n) is 15.1. The molecule has 0 N–H and O–H groups in total. The van der Waals surface area contributed by atoms with E-state index in [4.69, 9.17) is 9.72 Å². The van der Waals surface area contributed by atoms with Crippen molar-refractivity contribution in [2.45, 2.75) is 38.4 Å². The first-order chi connectivity index (χ1) is 12.2. The first kappa shape index (κ1) is 17.9. The molecule has 25 heavy (non-hydrogen) atoms. The molecule has 0 aliphatic carbocycles. The Bertz CT molecular complexity index is 782. The molecule has 0 saturated heterocycles. The second-order valence-corrected chi connectivity index (χ2v) is 7.11. The van der Waals surface area contributed by atoms with Crippen LogP contribution in [0.15, 0.2) is 34.2 Å². The second kappa shape index (κ2) is 7.95. The van der Waals surface area contributed by atoms with Crippen molar-refractivity contribution < 1.29 is 4.74 Å². The summed E-state index contributed by atoms with van der Waals surface area (Å²) in [4.78, 5) is 20.2. The maximum atomic E-state index is 13.2. The molecule has 134 valence electrons. The number of benzene rings is 1. The van der Waals surface area contributed by atoms with Gasteiger partial charge in [-0.3, -0.25) is 9.36 Å². The Morgan fingerprint density at radius 3 is 2.60 bits per heavy atom. The number of ether oxygens (including phenoxy) is 1. The molecule has 1 aliphatic heterocycles. The third-order valence-electron chi connectivity index (χ3n) is 4.57. The number of hydrogen-bond acceptors (Lipinski definition) is 5. The number of rotatable bonds is 6. The minimum Gasteiger partial charge on any atom is -0.497 e. The molecular formula is C19H25N3O2S. The van der Waals surface area contributed by atoms with E-state index in [0.29, 0.717) is 6.42 Å². The van der Waals surface area contributed by atoms with Crippen molar-refractivity contribution in [2.24, 2.45) is 0 Å². The zero-order chi connectivity index (χ0) is 17.8. The maximum Gasteiger partial charge on any atom is 0.259 e. The van der Waals surface area contributed by atoms with Crippen LogP contribution in [-0.4, -0.2) is 35.5 Å². The fraction of sp³-hybridized carbons (Fsp3) is 0.474. The van der Waals surface area contributed by atoms with Gasteiger partial charge in [0, 0.05) is 31.8 Å². The first-order valence-electron chi connectivity index (χ1n) is 8.82. The van der Waals surface area contributed by atoms with Crippen LogP contribution in [0.2, 0.25) is 0 Å². The molecule has 0 spiro atoms. The molecule has 1 aliphatic rings. The van der Waals surface area contributed by atoms with Gasteiger partial charge in [-0.1, -0.05) is 23.9 Å². The third-order valence-corrected chi connectivity index (χ3v) is 5.63. The van der Waals surface area contributed by atoms with Crippen molar-refractivity contribution in [1.82, 2.24) is 9.55 Å². The van der Waals surface area contributed by atoms with Crippen LogP contribution in [0, 0.1) is 0 Å². The predicted octanol–water partition coefficient (Wildman–Crippen LogP) is 3.18. The molecule has 0 fully saturated rings. The van der Waals surface area contributed by atoms with Crippen LogP contribution >= 0.6 is 11.8 Å². The van der Waals surface area contributed by atoms with E-state index in [0.717, 1.165) is 59.7 Å². The lowest BCUT2D eigenvalue weighted by Gasteiger charge is -2.26. The van der Waals surface area contributed by atoms with E-state index >= 15 is 0 Å². The molecule has 0 amide bonds. The summed E-state index contributed by atoms with van der Waals surface area (Å²) < 4.78 is 7.07. The van der Waals surface area contributed by atoms with Crippen molar-refractivity contribution in [3.8, 4) is 5.75 Å². The van der Waals surface area contributed by atoms with Gasteiger partial charge in [-0.25, -0.2) is 4.98 Å². The molecule has 0 saturated carbocycles. The topological polar surface area (TPSA) is 47.4 Å². The Kier molecular flexibility index (Phi) is 5.68. The van der Waals surface area contributed by atoms with E-state index in [1.807, 2.05) is 28.8 Å². The largest absolute Gasteiger partial charge is 0.497 e. The van der Waals surface area contributed by atoms with Crippen LogP contribution in [-0.2, 0) is 13.0 Å². The molecule has 3 rings (SSSR count). The highest BCUT2D eigenvalue weighted by molar-refractivity contribution is 7.99. The summed E-state index contributed by atoms with van der Waals surface area (Å²) in [6.07, 6.45) is 1.61. The van der Waals surface area contributed by atoms with Crippen LogP contribution in [0.5, 0.6) is 5.75 Å². The summed E-state index contributed by atoms with van der Waals surface area (Å²) in [7, 11) is 1.66. The Labute approximate surface area is 153 Å². The number of aromatic nitrogens is 2. The Morgan fingerprint density at radius 1 is 1.24 bits per heavy atom. The van der Waals surface area contributed by atoms with Crippen molar-refractivity contribution in [2.75, 3.05) is 30.9 Å². The van der Waals surface area contributed by atoms with E-state index in [9.17, 15) is 4.79 Å². The van der Waals surface area contributed by atoms with Crippen molar-refractivity contribution in [3.05, 3.63) is 45.7 Å². The highest BCUT2D eigenvalue weighted by Crippen LogP contribution is 2.27. The second-order valence-electron chi connectivity index (χ2n) is 6.05. The lowest BCUT2D eigenvalue weighted by atomic mass is 10.1. The summed E-state index contributed by atoms with van der Waals surface area (Å²) in [5.41, 5.74) is 1.99. The van der Waals surface area contributed by atoms with Crippen LogP contribution in [0.4, 0.5) is 5.82 Å². The van der Waals surface area contributed by atoms with Gasteiger partial charge < -0.3 is 9.64 Å². The summed E-state index contributed by atoms with van der Waals surface area (Å²) in [5, 5.41) is 0.858. The lowest BCUT2D eigenvalue weighted by Crippen LogP contribution is -2.34. The number of fused-ring (bicyclic) bond motifs is 1. The summed E-state index contributed by atoms with van der Waals surface area (Å²) in [5.74, 6) is 2.69. The predicted molar refractivity (Wildman–Crippen MR) is 103 cm³/mol. The molecule has 0 radical (unpaired) electrons. The van der Waals surface area contributed by atoms with E-state index in [-0.39, 0.29) is 5.56 Å². The fourth-order valence-corrected chi connectivity index (χ4v) is 4.08. The Balaban J connectivity index is 2.06. The smallest absolute Gasteiger partial charge is 0.259 e. The molecular weight excluding hydrogens is 334 g/mol. The molecule has 1 aromatic heterocycles. The maximum absolute atomic E-state index is 13.2. The van der Waals surface area contributed by atoms with Gasteiger partial charge in [-0.05, 0) is 38.0 Å². The Morgan fingerprint density at radius 2 is 1.96 bits per heavy atom. The molecule has 2 aromatic rings. The molecule has 0 bridgehead atoms. The number of hydrogen-bond donors (Lipinski definition) is 0. The van der Waals surface area contributed by atoms with E-state index in [2.05, 4.69) is 18.7 Å². The number of thioether (sulfide) groups is 1. The molecule has 5 nitrogen and oxygen atoms in total. The number of anilines is 1. The molecule has 2 heterocycles. The molecule has 1 aromatic carbocycles. The molecule has 0 atom stereocenters. The first-order valence-corrected chi connectivity index (χ1v) is 9.80. The SMILES string of the molecule is CCN(CC)c1nc2n(c(=O)c1Cc1ccc(OC)cc1)CCCS2. The fourth-order valence-electron chi connectivity index (χ4n) is 3.14. The summed E-state index contributed by atoms with van der Waals surface area (Å²) in [6.45, 7) is 6.65. The minimum absolute atomic E-state index is 0.106. The van der Waals surface area contributed by atoms with E-state index in [1.54, 1.807) is 18.9 Å². The number of methoxy groups -OCH3 is 1. The zero-order valence-corrected chi connectivity index (χ0v) is 15.9. The van der Waals surface area contributed by atoms with Gasteiger partial charge in [0.1, 0.15) is 11.6 Å². The average Bonchev–Trinajstić information content (AvgIpc) is 2.66. The van der Waals surface area contributed by atoms with Crippen molar-refractivity contribution in [3.63, 3.8) is 0 Å². The van der Waals surface area contributed by atoms with Crippen LogP contribution < -0.4 is 15.2 Å². The van der Waals surface area contributed by atoms with Gasteiger partial charge in [-0.2, -0.15) is 0 Å². The molecule has 0 unspecified atom stereocenters. The van der Waals surface area contributed by atoms with Crippen LogP contribution in [0.3, 0.4) is 0 Å². The number of nitrogens with zero attached hydrogens (tertiary/aromatic N) is 3. The van der Waals surface area contributed by atoms with Crippen molar-refractivity contribution in [1.29, 1.82) is 0 Å². The van der Waals surface area contributed by atoms with E-state index in [1.165, 1.54) is 0 Å². The lowest BCUT2D eigenvalue weighted by molar-refractivity contribution is 0.414. The highest BCUT2D eigenvalue weighted by atomic mass is 32.2. The monoisotopic (exact) mass is 359 g/mol. The van der Waals surface area contributed by atoms with Gasteiger partial charge in [-0.15, -0.1) is 0 Å². The quantitative estimate of drug-likeness (QED) is 0.742. The average molecular weight is 359 g/mol. The summed E-state index contributed by atoms with van der Waals surface area (Å²) in [6, 6.07) is 7.91. The molecule has 6 heteroatoms. The summed E-state index contributed by atoms with van der Waals surface area (Å²) >= 11 is 1.68. The minimum atomic E-state index is 0.106. The Hall–Kier alpha value is -1.95. The third kappa shape index (κ3) is 3.68. The normalized spacial score (nSPS) is 13.4. The van der Waals surface area contributed by atoms with Gasteiger partial charge in [0.15, 0.2) is 5.16 Å².